The topological polar surface area (TPSA) is 74.6 Å². The molecule has 1 aromatic rings. The van der Waals surface area contributed by atoms with E-state index in [1.807, 2.05) is 11.8 Å². The van der Waals surface area contributed by atoms with E-state index >= 15 is 0 Å². The summed E-state index contributed by atoms with van der Waals surface area (Å²) >= 11 is 5.86. The van der Waals surface area contributed by atoms with Gasteiger partial charge in [-0.05, 0) is 25.5 Å². The molecule has 0 saturated heterocycles. The molecule has 1 aromatic heterocycles. The number of hydrogen-bond acceptors (Lipinski definition) is 3. The van der Waals surface area contributed by atoms with Crippen molar-refractivity contribution in [2.45, 2.75) is 31.8 Å². The number of rotatable bonds is 6. The normalized spacial score (nSPS) is 21.1. The van der Waals surface area contributed by atoms with Gasteiger partial charge in [-0.25, -0.2) is 0 Å². The van der Waals surface area contributed by atoms with E-state index in [9.17, 15) is 9.59 Å². The lowest BCUT2D eigenvalue weighted by Gasteiger charge is -2.42. The van der Waals surface area contributed by atoms with E-state index in [1.54, 1.807) is 23.9 Å². The van der Waals surface area contributed by atoms with Crippen LogP contribution in [0.2, 0.25) is 5.02 Å². The molecule has 21 heavy (non-hydrogen) atoms. The number of likely N-dealkylation sites (N-methyl/N-ethyl adjacent to an activating group) is 1. The van der Waals surface area contributed by atoms with Crippen LogP contribution < -0.4 is 5.32 Å². The first-order valence-corrected chi connectivity index (χ1v) is 7.37. The molecule has 1 fully saturated rings. The molecule has 2 rings (SSSR count). The van der Waals surface area contributed by atoms with E-state index in [1.165, 1.54) is 0 Å². The summed E-state index contributed by atoms with van der Waals surface area (Å²) in [5.74, 6) is -0.961. The minimum absolute atomic E-state index is 0.0508. The molecule has 0 aliphatic heterocycles. The predicted molar refractivity (Wildman–Crippen MR) is 79.6 cm³/mol. The van der Waals surface area contributed by atoms with Crippen molar-refractivity contribution in [3.8, 4) is 0 Å². The molecule has 1 saturated carbocycles. The molecule has 7 heteroatoms. The SMILES string of the molecule is CCN(CC(=O)O)C1CC(NC(=O)c2cc(Cl)cn2C)C1. The van der Waals surface area contributed by atoms with Crippen LogP contribution in [0.15, 0.2) is 12.3 Å². The van der Waals surface area contributed by atoms with Gasteiger partial charge in [0.05, 0.1) is 11.6 Å². The Morgan fingerprint density at radius 1 is 1.52 bits per heavy atom. The summed E-state index contributed by atoms with van der Waals surface area (Å²) in [6.07, 6.45) is 3.25. The summed E-state index contributed by atoms with van der Waals surface area (Å²) in [6, 6.07) is 1.96. The molecular weight excluding hydrogens is 294 g/mol. The molecule has 1 aliphatic carbocycles. The summed E-state index contributed by atoms with van der Waals surface area (Å²) in [6.45, 7) is 2.70. The maximum absolute atomic E-state index is 12.1. The van der Waals surface area contributed by atoms with Gasteiger partial charge in [0.25, 0.3) is 5.91 Å². The fourth-order valence-electron chi connectivity index (χ4n) is 2.69. The Bertz CT molecular complexity index is 538. The molecule has 2 N–H and O–H groups in total. The maximum Gasteiger partial charge on any atom is 0.317 e. The van der Waals surface area contributed by atoms with Crippen LogP contribution >= 0.6 is 11.6 Å². The fraction of sp³-hybridized carbons (Fsp3) is 0.571. The molecular formula is C14H20ClN3O3. The van der Waals surface area contributed by atoms with Gasteiger partial charge in [-0.15, -0.1) is 0 Å². The lowest BCUT2D eigenvalue weighted by Crippen LogP contribution is -2.54. The first-order chi connectivity index (χ1) is 9.90. The van der Waals surface area contributed by atoms with Crippen LogP contribution in [0, 0.1) is 0 Å². The van der Waals surface area contributed by atoms with Gasteiger partial charge < -0.3 is 15.0 Å². The van der Waals surface area contributed by atoms with Crippen molar-refractivity contribution < 1.29 is 14.7 Å². The largest absolute Gasteiger partial charge is 0.480 e. The summed E-state index contributed by atoms with van der Waals surface area (Å²) in [7, 11) is 1.77. The average molecular weight is 314 g/mol. The Morgan fingerprint density at radius 2 is 2.19 bits per heavy atom. The number of nitrogens with one attached hydrogen (secondary N) is 1. The third kappa shape index (κ3) is 3.77. The fourth-order valence-corrected chi connectivity index (χ4v) is 2.94. The molecule has 1 amide bonds. The van der Waals surface area contributed by atoms with Crippen LogP contribution in [0.4, 0.5) is 0 Å². The Labute approximate surface area is 128 Å². The van der Waals surface area contributed by atoms with Gasteiger partial charge in [0.1, 0.15) is 5.69 Å². The molecule has 1 heterocycles. The van der Waals surface area contributed by atoms with Crippen molar-refractivity contribution in [1.82, 2.24) is 14.8 Å². The monoisotopic (exact) mass is 313 g/mol. The predicted octanol–water partition coefficient (Wildman–Crippen LogP) is 1.35. The van der Waals surface area contributed by atoms with Crippen molar-refractivity contribution in [1.29, 1.82) is 0 Å². The van der Waals surface area contributed by atoms with E-state index in [4.69, 9.17) is 16.7 Å². The Hall–Kier alpha value is -1.53. The van der Waals surface area contributed by atoms with Crippen LogP contribution in [0.5, 0.6) is 0 Å². The molecule has 6 nitrogen and oxygen atoms in total. The number of aliphatic carboxylic acids is 1. The molecule has 1 aliphatic rings. The van der Waals surface area contributed by atoms with E-state index in [2.05, 4.69) is 5.32 Å². The number of carboxylic acid groups (broad SMARTS) is 1. The van der Waals surface area contributed by atoms with Gasteiger partial charge in [-0.3, -0.25) is 14.5 Å². The number of amides is 1. The van der Waals surface area contributed by atoms with Crippen LogP contribution in [0.1, 0.15) is 30.3 Å². The van der Waals surface area contributed by atoms with Gasteiger partial charge in [0.15, 0.2) is 0 Å². The number of nitrogens with zero attached hydrogens (tertiary/aromatic N) is 2. The van der Waals surface area contributed by atoms with Crippen molar-refractivity contribution in [3.05, 3.63) is 23.0 Å². The van der Waals surface area contributed by atoms with Crippen LogP contribution in [-0.2, 0) is 11.8 Å². The zero-order valence-corrected chi connectivity index (χ0v) is 12.9. The quantitative estimate of drug-likeness (QED) is 0.831. The van der Waals surface area contributed by atoms with Crippen molar-refractivity contribution in [2.24, 2.45) is 7.05 Å². The Balaban J connectivity index is 1.83. The number of aryl methyl sites for hydroxylation is 1. The first-order valence-electron chi connectivity index (χ1n) is 6.99. The molecule has 116 valence electrons. The van der Waals surface area contributed by atoms with Crippen molar-refractivity contribution in [3.63, 3.8) is 0 Å². The van der Waals surface area contributed by atoms with Gasteiger partial charge in [-0.2, -0.15) is 0 Å². The third-order valence-corrected chi connectivity index (χ3v) is 4.12. The molecule has 0 radical (unpaired) electrons. The number of carbonyl (C=O) groups excluding carboxylic acids is 1. The number of carbonyl (C=O) groups is 2. The van der Waals surface area contributed by atoms with Gasteiger partial charge >= 0.3 is 5.97 Å². The lowest BCUT2D eigenvalue weighted by atomic mass is 9.85. The molecule has 0 atom stereocenters. The molecule has 0 aromatic carbocycles. The summed E-state index contributed by atoms with van der Waals surface area (Å²) in [5.41, 5.74) is 0.529. The second kappa shape index (κ2) is 6.49. The molecule has 0 spiro atoms. The van der Waals surface area contributed by atoms with Crippen LogP contribution in [0.25, 0.3) is 0 Å². The van der Waals surface area contributed by atoms with Crippen LogP contribution in [0.3, 0.4) is 0 Å². The van der Waals surface area contributed by atoms with E-state index < -0.39 is 5.97 Å². The third-order valence-electron chi connectivity index (χ3n) is 3.91. The minimum atomic E-state index is -0.817. The van der Waals surface area contributed by atoms with E-state index in [-0.39, 0.29) is 24.5 Å². The lowest BCUT2D eigenvalue weighted by molar-refractivity contribution is -0.139. The summed E-state index contributed by atoms with van der Waals surface area (Å²) in [5, 5.41) is 12.3. The maximum atomic E-state index is 12.1. The average Bonchev–Trinajstić information content (AvgIpc) is 2.69. The van der Waals surface area contributed by atoms with E-state index in [0.717, 1.165) is 12.8 Å². The highest BCUT2D eigenvalue weighted by Gasteiger charge is 2.35. The van der Waals surface area contributed by atoms with Gasteiger partial charge in [0.2, 0.25) is 0 Å². The summed E-state index contributed by atoms with van der Waals surface area (Å²) < 4.78 is 1.69. The highest BCUT2D eigenvalue weighted by atomic mass is 35.5. The highest BCUT2D eigenvalue weighted by Crippen LogP contribution is 2.26. The molecule has 0 bridgehead atoms. The van der Waals surface area contributed by atoms with Gasteiger partial charge in [-0.1, -0.05) is 18.5 Å². The minimum Gasteiger partial charge on any atom is -0.480 e. The number of carboxylic acids is 1. The van der Waals surface area contributed by atoms with Crippen molar-refractivity contribution in [2.75, 3.05) is 13.1 Å². The highest BCUT2D eigenvalue weighted by molar-refractivity contribution is 6.31. The van der Waals surface area contributed by atoms with E-state index in [0.29, 0.717) is 17.3 Å². The number of halogens is 1. The number of hydrogen-bond donors (Lipinski definition) is 2. The zero-order valence-electron chi connectivity index (χ0n) is 12.2. The Morgan fingerprint density at radius 3 is 2.67 bits per heavy atom. The second-order valence-electron chi connectivity index (χ2n) is 5.41. The Kier molecular flexibility index (Phi) is 4.90. The van der Waals surface area contributed by atoms with Crippen molar-refractivity contribution >= 4 is 23.5 Å². The molecule has 0 unspecified atom stereocenters. The smallest absolute Gasteiger partial charge is 0.317 e. The second-order valence-corrected chi connectivity index (χ2v) is 5.84. The van der Waals surface area contributed by atoms with Gasteiger partial charge in [0, 0.05) is 25.3 Å². The first kappa shape index (κ1) is 15.9. The zero-order chi connectivity index (χ0) is 15.6. The summed E-state index contributed by atoms with van der Waals surface area (Å²) in [4.78, 5) is 24.8. The van der Waals surface area contributed by atoms with Crippen LogP contribution in [-0.4, -0.2) is 51.6 Å². The standard InChI is InChI=1S/C14H20ClN3O3/c1-3-18(8-13(19)20)11-5-10(6-11)16-14(21)12-4-9(15)7-17(12)2/h4,7,10-11H,3,5-6,8H2,1-2H3,(H,16,21)(H,19,20). The number of aromatic nitrogens is 1.